The summed E-state index contributed by atoms with van der Waals surface area (Å²) in [5, 5.41) is 5.97. The minimum absolute atomic E-state index is 0.0360. The van der Waals surface area contributed by atoms with Gasteiger partial charge in [-0.25, -0.2) is 0 Å². The number of carbonyl (C=O) groups is 3. The Morgan fingerprint density at radius 2 is 1.48 bits per heavy atom. The van der Waals surface area contributed by atoms with Crippen molar-refractivity contribution in [3.8, 4) is 0 Å². The molecule has 0 radical (unpaired) electrons. The number of hydrogen-bond donors (Lipinski definition) is 2. The predicted molar refractivity (Wildman–Crippen MR) is 132 cm³/mol. The van der Waals surface area contributed by atoms with Crippen LogP contribution in [0.25, 0.3) is 0 Å². The highest BCUT2D eigenvalue weighted by Crippen LogP contribution is 2.24. The monoisotopic (exact) mass is 471 g/mol. The molecule has 0 bridgehead atoms. The molecule has 5 atom stereocenters. The minimum atomic E-state index is -0.692. The van der Waals surface area contributed by atoms with Crippen molar-refractivity contribution in [3.63, 3.8) is 0 Å². The molecular formula is C25H49N3O5. The van der Waals surface area contributed by atoms with Gasteiger partial charge in [-0.2, -0.15) is 0 Å². The fourth-order valence-corrected chi connectivity index (χ4v) is 4.02. The van der Waals surface area contributed by atoms with Gasteiger partial charge in [0, 0.05) is 14.2 Å². The van der Waals surface area contributed by atoms with Crippen molar-refractivity contribution in [1.82, 2.24) is 15.5 Å². The van der Waals surface area contributed by atoms with E-state index in [1.807, 2.05) is 62.3 Å². The number of esters is 1. The Bertz CT molecular complexity index is 630. The lowest BCUT2D eigenvalue weighted by atomic mass is 9.90. The number of carbonyl (C=O) groups excluding carboxylic acids is 3. The van der Waals surface area contributed by atoms with Crippen LogP contribution in [0.4, 0.5) is 0 Å². The molecule has 0 unspecified atom stereocenters. The van der Waals surface area contributed by atoms with Crippen molar-refractivity contribution in [1.29, 1.82) is 0 Å². The van der Waals surface area contributed by atoms with Crippen LogP contribution in [-0.4, -0.2) is 73.7 Å². The summed E-state index contributed by atoms with van der Waals surface area (Å²) in [7, 11) is 5.01. The first-order valence-electron chi connectivity index (χ1n) is 12.1. The third kappa shape index (κ3) is 10.0. The lowest BCUT2D eigenvalue weighted by Gasteiger charge is -2.40. The summed E-state index contributed by atoms with van der Waals surface area (Å²) in [6.07, 6.45) is 0.298. The van der Waals surface area contributed by atoms with Gasteiger partial charge < -0.3 is 25.0 Å². The SMILES string of the molecule is CC[C@H](C)[C@@H]([C@H](CC(=O)OC(C)(C)C)OC)N(C)C(=O)[C@@H](NC(=O)[C@@H](NC)C(C)C)C(C)C. The van der Waals surface area contributed by atoms with Gasteiger partial charge in [-0.05, 0) is 45.6 Å². The van der Waals surface area contributed by atoms with Gasteiger partial charge in [0.05, 0.1) is 24.6 Å². The molecule has 0 aliphatic heterocycles. The van der Waals surface area contributed by atoms with E-state index in [1.54, 1.807) is 26.1 Å². The third-order valence-corrected chi connectivity index (χ3v) is 5.98. The molecule has 0 aromatic heterocycles. The molecular weight excluding hydrogens is 422 g/mol. The zero-order chi connectivity index (χ0) is 26.1. The molecule has 0 aliphatic carbocycles. The molecule has 0 saturated carbocycles. The van der Waals surface area contributed by atoms with E-state index in [0.29, 0.717) is 0 Å². The van der Waals surface area contributed by atoms with Crippen LogP contribution in [0.3, 0.4) is 0 Å². The number of amides is 2. The highest BCUT2D eigenvalue weighted by atomic mass is 16.6. The standard InChI is InChI=1S/C25H49N3O5/c1-13-17(6)22(18(32-12)14-19(29)33-25(7,8)9)28(11)24(31)21(16(4)5)27-23(30)20(26-10)15(2)3/h15-18,20-22,26H,13-14H2,1-12H3,(H,27,30)/t17-,18-,20-,21-,22-/m0/s1. The quantitative estimate of drug-likeness (QED) is 0.401. The number of hydrogen-bond acceptors (Lipinski definition) is 6. The van der Waals surface area contributed by atoms with Crippen molar-refractivity contribution < 1.29 is 23.9 Å². The molecule has 0 saturated heterocycles. The number of nitrogens with zero attached hydrogens (tertiary/aromatic N) is 1. The van der Waals surface area contributed by atoms with E-state index in [0.717, 1.165) is 6.42 Å². The van der Waals surface area contributed by atoms with Gasteiger partial charge in [0.2, 0.25) is 11.8 Å². The molecule has 0 rings (SSSR count). The topological polar surface area (TPSA) is 97.0 Å². The second-order valence-electron chi connectivity index (χ2n) is 10.6. The van der Waals surface area contributed by atoms with Gasteiger partial charge in [-0.1, -0.05) is 48.0 Å². The van der Waals surface area contributed by atoms with Gasteiger partial charge in [0.1, 0.15) is 11.6 Å². The maximum atomic E-state index is 13.6. The van der Waals surface area contributed by atoms with Crippen molar-refractivity contribution in [2.75, 3.05) is 21.2 Å². The molecule has 194 valence electrons. The molecule has 2 N–H and O–H groups in total. The van der Waals surface area contributed by atoms with Crippen LogP contribution in [0.15, 0.2) is 0 Å². The minimum Gasteiger partial charge on any atom is -0.460 e. The number of likely N-dealkylation sites (N-methyl/N-ethyl adjacent to an activating group) is 2. The number of ether oxygens (including phenoxy) is 2. The molecule has 0 aliphatic rings. The highest BCUT2D eigenvalue weighted by molar-refractivity contribution is 5.90. The largest absolute Gasteiger partial charge is 0.460 e. The second kappa shape index (κ2) is 13.9. The Kier molecular flexibility index (Phi) is 13.2. The van der Waals surface area contributed by atoms with Crippen molar-refractivity contribution in [2.24, 2.45) is 17.8 Å². The number of rotatable bonds is 13. The predicted octanol–water partition coefficient (Wildman–Crippen LogP) is 2.99. The van der Waals surface area contributed by atoms with Gasteiger partial charge in [-0.15, -0.1) is 0 Å². The van der Waals surface area contributed by atoms with Gasteiger partial charge >= 0.3 is 5.97 Å². The normalized spacial score (nSPS) is 16.7. The lowest BCUT2D eigenvalue weighted by molar-refractivity contribution is -0.161. The molecule has 8 heteroatoms. The third-order valence-electron chi connectivity index (χ3n) is 5.98. The Balaban J connectivity index is 5.83. The average molecular weight is 472 g/mol. The second-order valence-corrected chi connectivity index (χ2v) is 10.6. The molecule has 8 nitrogen and oxygen atoms in total. The first-order chi connectivity index (χ1) is 15.1. The van der Waals surface area contributed by atoms with Crippen LogP contribution in [0.5, 0.6) is 0 Å². The maximum absolute atomic E-state index is 13.6. The smallest absolute Gasteiger partial charge is 0.309 e. The van der Waals surface area contributed by atoms with E-state index in [4.69, 9.17) is 9.47 Å². The Hall–Kier alpha value is -1.67. The fourth-order valence-electron chi connectivity index (χ4n) is 4.02. The van der Waals surface area contributed by atoms with E-state index < -0.39 is 23.8 Å². The van der Waals surface area contributed by atoms with Crippen LogP contribution in [0, 0.1) is 17.8 Å². The van der Waals surface area contributed by atoms with Crippen LogP contribution in [0.1, 0.15) is 75.2 Å². The lowest BCUT2D eigenvalue weighted by Crippen LogP contribution is -2.59. The Morgan fingerprint density at radius 1 is 0.970 bits per heavy atom. The zero-order valence-electron chi connectivity index (χ0n) is 22.9. The maximum Gasteiger partial charge on any atom is 0.309 e. The van der Waals surface area contributed by atoms with Crippen LogP contribution >= 0.6 is 0 Å². The molecule has 0 heterocycles. The van der Waals surface area contributed by atoms with E-state index >= 15 is 0 Å². The van der Waals surface area contributed by atoms with Crippen LogP contribution in [-0.2, 0) is 23.9 Å². The van der Waals surface area contributed by atoms with E-state index in [2.05, 4.69) is 10.6 Å². The van der Waals surface area contributed by atoms with Gasteiger partial charge in [0.15, 0.2) is 0 Å². The summed E-state index contributed by atoms with van der Waals surface area (Å²) in [6, 6.07) is -1.44. The molecule has 0 aromatic rings. The molecule has 0 aromatic carbocycles. The average Bonchev–Trinajstić information content (AvgIpc) is 2.68. The molecule has 33 heavy (non-hydrogen) atoms. The summed E-state index contributed by atoms with van der Waals surface area (Å²) in [5.74, 6) is -0.742. The van der Waals surface area contributed by atoms with E-state index in [9.17, 15) is 14.4 Å². The summed E-state index contributed by atoms with van der Waals surface area (Å²) in [6.45, 7) is 17.3. The molecule has 0 spiro atoms. The van der Waals surface area contributed by atoms with Crippen LogP contribution < -0.4 is 10.6 Å². The highest BCUT2D eigenvalue weighted by Gasteiger charge is 2.38. The number of nitrogens with one attached hydrogen (secondary N) is 2. The van der Waals surface area contributed by atoms with E-state index in [-0.39, 0.29) is 48.0 Å². The first kappa shape index (κ1) is 31.3. The van der Waals surface area contributed by atoms with Crippen LogP contribution in [0.2, 0.25) is 0 Å². The summed E-state index contributed by atoms with van der Waals surface area (Å²) >= 11 is 0. The van der Waals surface area contributed by atoms with Gasteiger partial charge in [0.25, 0.3) is 0 Å². The molecule has 2 amide bonds. The van der Waals surface area contributed by atoms with E-state index in [1.165, 1.54) is 0 Å². The van der Waals surface area contributed by atoms with Crippen molar-refractivity contribution in [3.05, 3.63) is 0 Å². The number of methoxy groups -OCH3 is 1. The molecule has 0 fully saturated rings. The van der Waals surface area contributed by atoms with Gasteiger partial charge in [-0.3, -0.25) is 14.4 Å². The zero-order valence-corrected chi connectivity index (χ0v) is 22.9. The summed E-state index contributed by atoms with van der Waals surface area (Å²) in [5.41, 5.74) is -0.601. The Morgan fingerprint density at radius 3 is 1.85 bits per heavy atom. The Labute approximate surface area is 201 Å². The first-order valence-corrected chi connectivity index (χ1v) is 12.1. The van der Waals surface area contributed by atoms with Crippen molar-refractivity contribution in [2.45, 2.75) is 105 Å². The summed E-state index contributed by atoms with van der Waals surface area (Å²) < 4.78 is 11.2. The fraction of sp³-hybridized carbons (Fsp3) is 0.880. The summed E-state index contributed by atoms with van der Waals surface area (Å²) in [4.78, 5) is 40.6. The van der Waals surface area contributed by atoms with Crippen molar-refractivity contribution >= 4 is 17.8 Å².